The Morgan fingerprint density at radius 2 is 1.79 bits per heavy atom. The van der Waals surface area contributed by atoms with Crippen molar-refractivity contribution in [3.8, 4) is 0 Å². The first-order valence-corrected chi connectivity index (χ1v) is 11.1. The van der Waals surface area contributed by atoms with Crippen LogP contribution in [-0.4, -0.2) is 57.0 Å². The zero-order valence-electron chi connectivity index (χ0n) is 18.8. The number of benzene rings is 1. The number of fused-ring (bicyclic) bond motifs is 1. The highest BCUT2D eigenvalue weighted by Crippen LogP contribution is 2.28. The van der Waals surface area contributed by atoms with E-state index in [1.807, 2.05) is 30.7 Å². The number of hydrogen-bond acceptors (Lipinski definition) is 4. The first-order valence-electron chi connectivity index (χ1n) is 11.1. The van der Waals surface area contributed by atoms with E-state index in [1.54, 1.807) is 0 Å². The van der Waals surface area contributed by atoms with E-state index >= 15 is 0 Å². The number of carbonyl (C=O) groups is 2. The monoisotopic (exact) mass is 466 g/mol. The van der Waals surface area contributed by atoms with Crippen molar-refractivity contribution in [1.29, 1.82) is 0 Å². The third-order valence-electron chi connectivity index (χ3n) is 6.15. The van der Waals surface area contributed by atoms with Crippen molar-refractivity contribution in [3.63, 3.8) is 0 Å². The van der Waals surface area contributed by atoms with Crippen LogP contribution in [0.5, 0.6) is 0 Å². The number of alkyl halides is 3. The van der Waals surface area contributed by atoms with Crippen molar-refractivity contribution in [2.45, 2.75) is 64.7 Å². The number of nitrogens with zero attached hydrogens (tertiary/aromatic N) is 3. The first-order chi connectivity index (χ1) is 15.6. The van der Waals surface area contributed by atoms with Crippen molar-refractivity contribution < 1.29 is 27.9 Å². The number of carbonyl (C=O) groups excluding carboxylic acids is 1. The molecule has 1 aliphatic carbocycles. The van der Waals surface area contributed by atoms with Gasteiger partial charge in [0.05, 0.1) is 0 Å². The lowest BCUT2D eigenvalue weighted by Gasteiger charge is -2.36. The second kappa shape index (κ2) is 10.4. The number of anilines is 1. The standard InChI is InChI=1S/C21H28N4O.C2HF3O2/c1-3-25-15(2)13-20(23-25)21(26)22-18-8-7-16-9-11-24(19-5-4-6-19)12-10-17(16)14-18;3-2(4,5)1(6)7/h7-8,13-14,19H,3-6,9-12H2,1-2H3,(H,22,26);(H,6,7). The summed E-state index contributed by atoms with van der Waals surface area (Å²) in [5.41, 5.74) is 5.16. The Morgan fingerprint density at radius 3 is 2.30 bits per heavy atom. The van der Waals surface area contributed by atoms with Crippen molar-refractivity contribution >= 4 is 17.6 Å². The molecule has 4 rings (SSSR count). The molecule has 33 heavy (non-hydrogen) atoms. The topological polar surface area (TPSA) is 87.5 Å². The molecule has 7 nitrogen and oxygen atoms in total. The Labute approximate surface area is 190 Å². The number of aryl methyl sites for hydroxylation is 2. The summed E-state index contributed by atoms with van der Waals surface area (Å²) in [6.45, 7) is 7.08. The molecule has 0 radical (unpaired) electrons. The van der Waals surface area contributed by atoms with Crippen LogP contribution in [0.3, 0.4) is 0 Å². The number of carboxylic acid groups (broad SMARTS) is 1. The second-order valence-electron chi connectivity index (χ2n) is 8.35. The number of halogens is 3. The van der Waals surface area contributed by atoms with Gasteiger partial charge in [0, 0.05) is 37.1 Å². The van der Waals surface area contributed by atoms with E-state index in [9.17, 15) is 18.0 Å². The average Bonchev–Trinajstić information content (AvgIpc) is 2.98. The second-order valence-corrected chi connectivity index (χ2v) is 8.35. The van der Waals surface area contributed by atoms with E-state index in [0.29, 0.717) is 5.69 Å². The van der Waals surface area contributed by atoms with Gasteiger partial charge in [0.15, 0.2) is 5.69 Å². The van der Waals surface area contributed by atoms with Gasteiger partial charge in [0.25, 0.3) is 5.91 Å². The number of rotatable bonds is 4. The molecule has 1 saturated carbocycles. The quantitative estimate of drug-likeness (QED) is 0.710. The van der Waals surface area contributed by atoms with Gasteiger partial charge in [-0.1, -0.05) is 12.5 Å². The smallest absolute Gasteiger partial charge is 0.475 e. The van der Waals surface area contributed by atoms with Gasteiger partial charge in [-0.15, -0.1) is 0 Å². The molecule has 1 aromatic carbocycles. The highest BCUT2D eigenvalue weighted by Gasteiger charge is 2.38. The maximum absolute atomic E-state index is 12.5. The van der Waals surface area contributed by atoms with Gasteiger partial charge < -0.3 is 10.4 Å². The number of nitrogens with one attached hydrogen (secondary N) is 1. The predicted molar refractivity (Wildman–Crippen MR) is 117 cm³/mol. The van der Waals surface area contributed by atoms with Crippen LogP contribution in [0.1, 0.15) is 53.5 Å². The molecule has 2 heterocycles. The highest BCUT2D eigenvalue weighted by molar-refractivity contribution is 6.03. The molecule has 0 unspecified atom stereocenters. The molecule has 180 valence electrons. The summed E-state index contributed by atoms with van der Waals surface area (Å²) in [7, 11) is 0. The number of amides is 1. The lowest BCUT2D eigenvalue weighted by Crippen LogP contribution is -2.41. The van der Waals surface area contributed by atoms with Gasteiger partial charge in [-0.25, -0.2) is 4.79 Å². The Bertz CT molecular complexity index is 999. The number of aromatic nitrogens is 2. The van der Waals surface area contributed by atoms with Gasteiger partial charge in [0.1, 0.15) is 0 Å². The van der Waals surface area contributed by atoms with Crippen LogP contribution in [-0.2, 0) is 24.2 Å². The zero-order chi connectivity index (χ0) is 24.2. The number of aliphatic carboxylic acids is 1. The Kier molecular flexibility index (Phi) is 7.78. The van der Waals surface area contributed by atoms with E-state index in [2.05, 4.69) is 27.4 Å². The molecule has 0 saturated heterocycles. The maximum Gasteiger partial charge on any atom is 0.490 e. The third kappa shape index (κ3) is 6.34. The molecule has 2 aliphatic rings. The van der Waals surface area contributed by atoms with E-state index in [0.717, 1.165) is 49.9 Å². The minimum absolute atomic E-state index is 0.134. The Hall–Kier alpha value is -2.88. The molecule has 0 atom stereocenters. The maximum atomic E-state index is 12.5. The SMILES string of the molecule is CCn1nc(C(=O)Nc2ccc3c(c2)CCN(C2CCC2)CC3)cc1C.O=C(O)C(F)(F)F. The fourth-order valence-electron chi connectivity index (χ4n) is 4.07. The normalized spacial score (nSPS) is 16.6. The highest BCUT2D eigenvalue weighted by atomic mass is 19.4. The van der Waals surface area contributed by atoms with Crippen molar-refractivity contribution in [3.05, 3.63) is 46.8 Å². The van der Waals surface area contributed by atoms with Crippen LogP contribution < -0.4 is 5.32 Å². The van der Waals surface area contributed by atoms with Gasteiger partial charge in [-0.05, 0) is 68.9 Å². The summed E-state index contributed by atoms with van der Waals surface area (Å²) in [6.07, 6.45) is 1.21. The summed E-state index contributed by atoms with van der Waals surface area (Å²) in [5, 5.41) is 14.5. The van der Waals surface area contributed by atoms with Crippen LogP contribution in [0.4, 0.5) is 18.9 Å². The van der Waals surface area contributed by atoms with Crippen LogP contribution in [0.25, 0.3) is 0 Å². The van der Waals surface area contributed by atoms with Crippen molar-refractivity contribution in [1.82, 2.24) is 14.7 Å². The minimum atomic E-state index is -5.08. The Balaban J connectivity index is 0.000000383. The van der Waals surface area contributed by atoms with E-state index in [4.69, 9.17) is 9.90 Å². The minimum Gasteiger partial charge on any atom is -0.475 e. The molecule has 1 aliphatic heterocycles. The van der Waals surface area contributed by atoms with Gasteiger partial charge >= 0.3 is 12.1 Å². The number of hydrogen-bond donors (Lipinski definition) is 2. The first kappa shape index (κ1) is 24.8. The van der Waals surface area contributed by atoms with E-state index < -0.39 is 12.1 Å². The van der Waals surface area contributed by atoms with Gasteiger partial charge in [0.2, 0.25) is 0 Å². The fraction of sp³-hybridized carbons (Fsp3) is 0.522. The van der Waals surface area contributed by atoms with Gasteiger partial charge in [-0.2, -0.15) is 18.3 Å². The lowest BCUT2D eigenvalue weighted by molar-refractivity contribution is -0.192. The molecule has 2 aromatic rings. The van der Waals surface area contributed by atoms with Crippen LogP contribution >= 0.6 is 0 Å². The average molecular weight is 467 g/mol. The zero-order valence-corrected chi connectivity index (χ0v) is 18.8. The summed E-state index contributed by atoms with van der Waals surface area (Å²) in [5.74, 6) is -2.89. The molecule has 1 aromatic heterocycles. The lowest BCUT2D eigenvalue weighted by atomic mass is 9.91. The molecular weight excluding hydrogens is 437 g/mol. The Morgan fingerprint density at radius 1 is 1.15 bits per heavy atom. The molecule has 1 fully saturated rings. The molecule has 1 amide bonds. The summed E-state index contributed by atoms with van der Waals surface area (Å²) < 4.78 is 33.6. The molecular formula is C23H29F3N4O3. The summed E-state index contributed by atoms with van der Waals surface area (Å²) in [4.78, 5) is 24.1. The molecule has 2 N–H and O–H groups in total. The van der Waals surface area contributed by atoms with E-state index in [-0.39, 0.29) is 5.91 Å². The van der Waals surface area contributed by atoms with E-state index in [1.165, 1.54) is 30.4 Å². The van der Waals surface area contributed by atoms with Gasteiger partial charge in [-0.3, -0.25) is 14.4 Å². The van der Waals surface area contributed by atoms with Crippen LogP contribution in [0.15, 0.2) is 24.3 Å². The van der Waals surface area contributed by atoms with Crippen molar-refractivity contribution in [2.75, 3.05) is 18.4 Å². The summed E-state index contributed by atoms with van der Waals surface area (Å²) in [6, 6.07) is 9.02. The third-order valence-corrected chi connectivity index (χ3v) is 6.15. The van der Waals surface area contributed by atoms with Crippen molar-refractivity contribution in [2.24, 2.45) is 0 Å². The molecule has 0 spiro atoms. The van der Waals surface area contributed by atoms with Crippen LogP contribution in [0, 0.1) is 6.92 Å². The summed E-state index contributed by atoms with van der Waals surface area (Å²) >= 11 is 0. The fourth-order valence-corrected chi connectivity index (χ4v) is 4.07. The number of carboxylic acids is 1. The molecule has 10 heteroatoms. The predicted octanol–water partition coefficient (Wildman–Crippen LogP) is 4.05. The van der Waals surface area contributed by atoms with Crippen LogP contribution in [0.2, 0.25) is 0 Å². The molecule has 0 bridgehead atoms. The largest absolute Gasteiger partial charge is 0.490 e.